The molecule has 0 saturated heterocycles. The van der Waals surface area contributed by atoms with Gasteiger partial charge in [0.15, 0.2) is 0 Å². The third-order valence-electron chi connectivity index (χ3n) is 2.60. The van der Waals surface area contributed by atoms with Crippen LogP contribution in [0.25, 0.3) is 0 Å². The number of hydrogen-bond acceptors (Lipinski definition) is 3. The van der Waals surface area contributed by atoms with Crippen molar-refractivity contribution in [2.45, 2.75) is 26.3 Å². The van der Waals surface area contributed by atoms with Crippen LogP contribution in [-0.2, 0) is 6.54 Å². The summed E-state index contributed by atoms with van der Waals surface area (Å²) in [6.45, 7) is 4.10. The Bertz CT molecular complexity index is 318. The summed E-state index contributed by atoms with van der Waals surface area (Å²) < 4.78 is 0. The molecular weight excluding hydrogens is 201 g/mol. The van der Waals surface area contributed by atoms with Crippen molar-refractivity contribution < 1.29 is 10.0 Å². The molecule has 0 saturated carbocycles. The third kappa shape index (κ3) is 4.35. The van der Waals surface area contributed by atoms with Gasteiger partial charge in [-0.25, -0.2) is 0 Å². The summed E-state index contributed by atoms with van der Waals surface area (Å²) in [5, 5.41) is 18.1. The van der Waals surface area contributed by atoms with Gasteiger partial charge in [-0.15, -0.1) is 0 Å². The maximum absolute atomic E-state index is 9.07. The highest BCUT2D eigenvalue weighted by Crippen LogP contribution is 2.03. The second-order valence-electron chi connectivity index (χ2n) is 4.21. The van der Waals surface area contributed by atoms with E-state index in [1.54, 1.807) is 6.07 Å². The van der Waals surface area contributed by atoms with Crippen LogP contribution < -0.4 is 5.46 Å². The molecule has 16 heavy (non-hydrogen) atoms. The van der Waals surface area contributed by atoms with Gasteiger partial charge in [-0.1, -0.05) is 37.6 Å². The van der Waals surface area contributed by atoms with E-state index in [1.807, 2.05) is 18.2 Å². The second kappa shape index (κ2) is 6.68. The molecule has 0 radical (unpaired) electrons. The lowest BCUT2D eigenvalue weighted by Gasteiger charge is -2.16. The molecule has 0 aliphatic heterocycles. The van der Waals surface area contributed by atoms with Crippen LogP contribution in [0, 0.1) is 0 Å². The summed E-state index contributed by atoms with van der Waals surface area (Å²) in [4.78, 5) is 2.24. The van der Waals surface area contributed by atoms with E-state index in [2.05, 4.69) is 18.9 Å². The lowest BCUT2D eigenvalue weighted by atomic mass is 9.79. The maximum atomic E-state index is 9.07. The van der Waals surface area contributed by atoms with Crippen molar-refractivity contribution in [3.63, 3.8) is 0 Å². The van der Waals surface area contributed by atoms with Gasteiger partial charge in [-0.2, -0.15) is 0 Å². The Morgan fingerprint density at radius 2 is 2.06 bits per heavy atom. The smallest absolute Gasteiger partial charge is 0.423 e. The quantitative estimate of drug-likeness (QED) is 0.691. The fourth-order valence-corrected chi connectivity index (χ4v) is 1.67. The fraction of sp³-hybridized carbons (Fsp3) is 0.500. The van der Waals surface area contributed by atoms with Crippen molar-refractivity contribution in [2.75, 3.05) is 13.6 Å². The molecule has 0 amide bonds. The third-order valence-corrected chi connectivity index (χ3v) is 2.60. The van der Waals surface area contributed by atoms with Crippen LogP contribution in [0.4, 0.5) is 0 Å². The Hall–Kier alpha value is -0.835. The summed E-state index contributed by atoms with van der Waals surface area (Å²) >= 11 is 0. The summed E-state index contributed by atoms with van der Waals surface area (Å²) in [5.41, 5.74) is 1.67. The SMILES string of the molecule is CCCCN(C)Cc1cccc(B(O)O)c1. The largest absolute Gasteiger partial charge is 0.488 e. The molecule has 3 nitrogen and oxygen atoms in total. The number of rotatable bonds is 6. The van der Waals surface area contributed by atoms with Gasteiger partial charge in [0.1, 0.15) is 0 Å². The Kier molecular flexibility index (Phi) is 5.53. The van der Waals surface area contributed by atoms with Crippen molar-refractivity contribution >= 4 is 12.6 Å². The van der Waals surface area contributed by atoms with E-state index in [0.29, 0.717) is 5.46 Å². The van der Waals surface area contributed by atoms with E-state index in [-0.39, 0.29) is 0 Å². The molecule has 0 atom stereocenters. The Labute approximate surface area is 97.9 Å². The van der Waals surface area contributed by atoms with Gasteiger partial charge in [-0.05, 0) is 31.0 Å². The van der Waals surface area contributed by atoms with Crippen molar-refractivity contribution in [3.8, 4) is 0 Å². The molecule has 0 fully saturated rings. The number of nitrogens with zero attached hydrogens (tertiary/aromatic N) is 1. The Morgan fingerprint density at radius 1 is 1.31 bits per heavy atom. The van der Waals surface area contributed by atoms with Gasteiger partial charge in [0.2, 0.25) is 0 Å². The van der Waals surface area contributed by atoms with Gasteiger partial charge in [0.25, 0.3) is 0 Å². The van der Waals surface area contributed by atoms with Crippen molar-refractivity contribution in [1.29, 1.82) is 0 Å². The molecule has 4 heteroatoms. The highest BCUT2D eigenvalue weighted by atomic mass is 16.4. The summed E-state index contributed by atoms with van der Waals surface area (Å²) in [7, 11) is 0.707. The van der Waals surface area contributed by atoms with Crippen LogP contribution in [-0.4, -0.2) is 35.7 Å². The van der Waals surface area contributed by atoms with Crippen molar-refractivity contribution in [2.24, 2.45) is 0 Å². The monoisotopic (exact) mass is 221 g/mol. The molecule has 0 unspecified atom stereocenters. The average molecular weight is 221 g/mol. The molecule has 0 spiro atoms. The molecule has 1 rings (SSSR count). The molecular formula is C12H20BNO2. The molecule has 88 valence electrons. The predicted octanol–water partition coefficient (Wildman–Crippen LogP) is 0.598. The molecule has 1 aromatic rings. The van der Waals surface area contributed by atoms with E-state index < -0.39 is 7.12 Å². The molecule has 0 aliphatic rings. The summed E-state index contributed by atoms with van der Waals surface area (Å²) in [6.07, 6.45) is 2.39. The molecule has 0 aliphatic carbocycles. The molecule has 2 N–H and O–H groups in total. The number of hydrogen-bond donors (Lipinski definition) is 2. The first-order chi connectivity index (χ1) is 7.63. The van der Waals surface area contributed by atoms with Gasteiger partial charge in [0, 0.05) is 6.54 Å². The van der Waals surface area contributed by atoms with Crippen LogP contribution in [0.3, 0.4) is 0 Å². The van der Waals surface area contributed by atoms with E-state index in [0.717, 1.165) is 18.7 Å². The second-order valence-corrected chi connectivity index (χ2v) is 4.21. The molecule has 0 aromatic heterocycles. The van der Waals surface area contributed by atoms with E-state index >= 15 is 0 Å². The molecule has 1 aromatic carbocycles. The van der Waals surface area contributed by atoms with E-state index in [1.165, 1.54) is 12.8 Å². The van der Waals surface area contributed by atoms with Crippen LogP contribution in [0.1, 0.15) is 25.3 Å². The van der Waals surface area contributed by atoms with E-state index in [4.69, 9.17) is 10.0 Å². The topological polar surface area (TPSA) is 43.7 Å². The fourth-order valence-electron chi connectivity index (χ4n) is 1.67. The van der Waals surface area contributed by atoms with E-state index in [9.17, 15) is 0 Å². The first-order valence-electron chi connectivity index (χ1n) is 5.77. The standard InChI is InChI=1S/C12H20BNO2/c1-3-4-8-14(2)10-11-6-5-7-12(9-11)13(15)16/h5-7,9,15-16H,3-4,8,10H2,1-2H3. The predicted molar refractivity (Wildman–Crippen MR) is 67.5 cm³/mol. The zero-order valence-electron chi connectivity index (χ0n) is 10.1. The number of benzene rings is 1. The lowest BCUT2D eigenvalue weighted by molar-refractivity contribution is 0.321. The minimum absolute atomic E-state index is 0.557. The zero-order valence-corrected chi connectivity index (χ0v) is 10.1. The van der Waals surface area contributed by atoms with Crippen LogP contribution in [0.2, 0.25) is 0 Å². The highest BCUT2D eigenvalue weighted by Gasteiger charge is 2.10. The van der Waals surface area contributed by atoms with Crippen LogP contribution in [0.15, 0.2) is 24.3 Å². The maximum Gasteiger partial charge on any atom is 0.488 e. The first-order valence-corrected chi connectivity index (χ1v) is 5.77. The molecule has 0 heterocycles. The highest BCUT2D eigenvalue weighted by molar-refractivity contribution is 6.58. The van der Waals surface area contributed by atoms with Gasteiger partial charge >= 0.3 is 7.12 Å². The van der Waals surface area contributed by atoms with Gasteiger partial charge in [0.05, 0.1) is 0 Å². The normalized spacial score (nSPS) is 10.8. The first kappa shape index (κ1) is 13.2. The van der Waals surface area contributed by atoms with Gasteiger partial charge in [-0.3, -0.25) is 0 Å². The zero-order chi connectivity index (χ0) is 12.0. The lowest BCUT2D eigenvalue weighted by Crippen LogP contribution is -2.30. The average Bonchev–Trinajstić information content (AvgIpc) is 2.26. The van der Waals surface area contributed by atoms with Crippen molar-refractivity contribution in [1.82, 2.24) is 4.90 Å². The number of unbranched alkanes of at least 4 members (excludes halogenated alkanes) is 1. The van der Waals surface area contributed by atoms with Crippen molar-refractivity contribution in [3.05, 3.63) is 29.8 Å². The minimum atomic E-state index is -1.37. The van der Waals surface area contributed by atoms with Gasteiger partial charge < -0.3 is 14.9 Å². The molecule has 0 bridgehead atoms. The van der Waals surface area contributed by atoms with Crippen LogP contribution in [0.5, 0.6) is 0 Å². The Balaban J connectivity index is 2.56. The Morgan fingerprint density at radius 3 is 2.69 bits per heavy atom. The summed E-state index contributed by atoms with van der Waals surface area (Å²) in [5.74, 6) is 0. The summed E-state index contributed by atoms with van der Waals surface area (Å²) in [6, 6.07) is 7.43. The minimum Gasteiger partial charge on any atom is -0.423 e. The van der Waals surface area contributed by atoms with Crippen LogP contribution >= 0.6 is 0 Å².